The first-order valence-corrected chi connectivity index (χ1v) is 7.19. The summed E-state index contributed by atoms with van der Waals surface area (Å²) < 4.78 is 5.50. The first kappa shape index (κ1) is 15.5. The van der Waals surface area contributed by atoms with Gasteiger partial charge >= 0.3 is 5.97 Å². The summed E-state index contributed by atoms with van der Waals surface area (Å²) in [5.74, 6) is -1.91. The van der Waals surface area contributed by atoms with Crippen molar-refractivity contribution in [2.45, 2.75) is 39.2 Å². The smallest absolute Gasteiger partial charge is 0.304 e. The minimum Gasteiger partial charge on any atom is -0.481 e. The van der Waals surface area contributed by atoms with Gasteiger partial charge in [-0.2, -0.15) is 0 Å². The third-order valence-electron chi connectivity index (χ3n) is 3.80. The first-order valence-electron chi connectivity index (χ1n) is 7.19. The highest BCUT2D eigenvalue weighted by molar-refractivity contribution is 5.95. The van der Waals surface area contributed by atoms with Crippen LogP contribution in [-0.2, 0) is 14.3 Å². The van der Waals surface area contributed by atoms with Crippen molar-refractivity contribution in [1.29, 1.82) is 0 Å². The lowest BCUT2D eigenvalue weighted by atomic mass is 9.95. The fourth-order valence-corrected chi connectivity index (χ4v) is 2.60. The highest BCUT2D eigenvalue weighted by Gasteiger charge is 2.33. The monoisotopic (exact) mass is 291 g/mol. The topological polar surface area (TPSA) is 75.6 Å². The van der Waals surface area contributed by atoms with Crippen LogP contribution in [0.4, 0.5) is 5.69 Å². The number of ether oxygens (including phenoxy) is 1. The molecule has 5 nitrogen and oxygen atoms in total. The van der Waals surface area contributed by atoms with E-state index in [1.807, 2.05) is 32.0 Å². The minimum absolute atomic E-state index is 0.207. The van der Waals surface area contributed by atoms with Gasteiger partial charge in [-0.25, -0.2) is 0 Å². The Labute approximate surface area is 124 Å². The quantitative estimate of drug-likeness (QED) is 0.874. The molecule has 5 heteroatoms. The molecule has 2 rings (SSSR count). The Balaban J connectivity index is 2.13. The lowest BCUT2D eigenvalue weighted by Crippen LogP contribution is -2.34. The van der Waals surface area contributed by atoms with Gasteiger partial charge in [-0.3, -0.25) is 9.59 Å². The van der Waals surface area contributed by atoms with Gasteiger partial charge in [-0.1, -0.05) is 12.1 Å². The Morgan fingerprint density at radius 1 is 1.43 bits per heavy atom. The van der Waals surface area contributed by atoms with Gasteiger partial charge < -0.3 is 15.2 Å². The summed E-state index contributed by atoms with van der Waals surface area (Å²) in [4.78, 5) is 23.5. The van der Waals surface area contributed by atoms with E-state index in [0.717, 1.165) is 29.7 Å². The van der Waals surface area contributed by atoms with E-state index in [-0.39, 0.29) is 18.4 Å². The van der Waals surface area contributed by atoms with Crippen LogP contribution in [-0.4, -0.2) is 29.7 Å². The van der Waals surface area contributed by atoms with Crippen molar-refractivity contribution in [3.63, 3.8) is 0 Å². The number of carboxylic acid groups (broad SMARTS) is 1. The predicted molar refractivity (Wildman–Crippen MR) is 79.3 cm³/mol. The average Bonchev–Trinajstić information content (AvgIpc) is 2.93. The van der Waals surface area contributed by atoms with Crippen LogP contribution in [0.2, 0.25) is 0 Å². The lowest BCUT2D eigenvalue weighted by Gasteiger charge is -2.21. The van der Waals surface area contributed by atoms with Crippen LogP contribution in [0.1, 0.15) is 30.4 Å². The zero-order valence-electron chi connectivity index (χ0n) is 12.4. The summed E-state index contributed by atoms with van der Waals surface area (Å²) in [7, 11) is 0. The number of carbonyl (C=O) groups excluding carboxylic acids is 1. The van der Waals surface area contributed by atoms with E-state index in [2.05, 4.69) is 5.32 Å². The zero-order valence-corrected chi connectivity index (χ0v) is 12.4. The molecule has 21 heavy (non-hydrogen) atoms. The number of amides is 1. The van der Waals surface area contributed by atoms with Crippen molar-refractivity contribution in [3.8, 4) is 0 Å². The third-order valence-corrected chi connectivity index (χ3v) is 3.80. The summed E-state index contributed by atoms with van der Waals surface area (Å²) in [5.41, 5.74) is 2.73. The molecule has 0 unspecified atom stereocenters. The molecular weight excluding hydrogens is 270 g/mol. The van der Waals surface area contributed by atoms with E-state index in [1.54, 1.807) is 0 Å². The summed E-state index contributed by atoms with van der Waals surface area (Å²) in [6.45, 7) is 4.45. The number of hydrogen-bond donors (Lipinski definition) is 2. The van der Waals surface area contributed by atoms with Gasteiger partial charge in [0.05, 0.1) is 18.4 Å². The van der Waals surface area contributed by atoms with Crippen molar-refractivity contribution in [1.82, 2.24) is 0 Å². The molecular formula is C16H21NO4. The van der Waals surface area contributed by atoms with Gasteiger partial charge in [0, 0.05) is 12.3 Å². The molecule has 2 atom stereocenters. The summed E-state index contributed by atoms with van der Waals surface area (Å²) in [6.07, 6.45) is 1.10. The number of benzene rings is 1. The van der Waals surface area contributed by atoms with E-state index >= 15 is 0 Å². The van der Waals surface area contributed by atoms with Gasteiger partial charge in [0.25, 0.3) is 0 Å². The second kappa shape index (κ2) is 6.72. The molecule has 2 N–H and O–H groups in total. The fraction of sp³-hybridized carbons (Fsp3) is 0.500. The molecule has 114 valence electrons. The SMILES string of the molecule is Cc1ccc(C)c(NC(=O)[C@@H](CC(=O)O)[C@H]2CCCO2)c1. The molecule has 0 bridgehead atoms. The lowest BCUT2D eigenvalue weighted by molar-refractivity contribution is -0.142. The van der Waals surface area contributed by atoms with E-state index in [1.165, 1.54) is 0 Å². The number of nitrogens with one attached hydrogen (secondary N) is 1. The zero-order chi connectivity index (χ0) is 15.4. The van der Waals surface area contributed by atoms with Crippen molar-refractivity contribution < 1.29 is 19.4 Å². The number of aliphatic carboxylic acids is 1. The maximum atomic E-state index is 12.4. The number of carboxylic acids is 1. The molecule has 1 fully saturated rings. The molecule has 0 aromatic heterocycles. The Morgan fingerprint density at radius 2 is 2.19 bits per heavy atom. The van der Waals surface area contributed by atoms with Crippen LogP contribution in [0.3, 0.4) is 0 Å². The molecule has 1 heterocycles. The van der Waals surface area contributed by atoms with Crippen LogP contribution < -0.4 is 5.32 Å². The second-order valence-electron chi connectivity index (χ2n) is 5.56. The molecule has 0 radical (unpaired) electrons. The van der Waals surface area contributed by atoms with Gasteiger partial charge in [0.1, 0.15) is 0 Å². The summed E-state index contributed by atoms with van der Waals surface area (Å²) in [5, 5.41) is 11.9. The molecule has 0 saturated carbocycles. The predicted octanol–water partition coefficient (Wildman–Crippen LogP) is 2.51. The van der Waals surface area contributed by atoms with Crippen LogP contribution in [0.15, 0.2) is 18.2 Å². The van der Waals surface area contributed by atoms with Crippen LogP contribution in [0, 0.1) is 19.8 Å². The number of hydrogen-bond acceptors (Lipinski definition) is 3. The number of anilines is 1. The number of carbonyl (C=O) groups is 2. The van der Waals surface area contributed by atoms with Gasteiger partial charge in [0.15, 0.2) is 0 Å². The van der Waals surface area contributed by atoms with Crippen molar-refractivity contribution >= 4 is 17.6 Å². The van der Waals surface area contributed by atoms with E-state index in [4.69, 9.17) is 9.84 Å². The van der Waals surface area contributed by atoms with E-state index < -0.39 is 11.9 Å². The van der Waals surface area contributed by atoms with Crippen molar-refractivity contribution in [2.24, 2.45) is 5.92 Å². The van der Waals surface area contributed by atoms with Crippen molar-refractivity contribution in [3.05, 3.63) is 29.3 Å². The second-order valence-corrected chi connectivity index (χ2v) is 5.56. The molecule has 1 aromatic carbocycles. The van der Waals surface area contributed by atoms with E-state index in [0.29, 0.717) is 6.61 Å². The normalized spacial score (nSPS) is 19.2. The van der Waals surface area contributed by atoms with Crippen molar-refractivity contribution in [2.75, 3.05) is 11.9 Å². The molecule has 0 spiro atoms. The molecule has 1 aliphatic heterocycles. The van der Waals surface area contributed by atoms with Crippen LogP contribution >= 0.6 is 0 Å². The van der Waals surface area contributed by atoms with Gasteiger partial charge in [-0.05, 0) is 43.9 Å². The van der Waals surface area contributed by atoms with Gasteiger partial charge in [0.2, 0.25) is 5.91 Å². The summed E-state index contributed by atoms with van der Waals surface area (Å²) in [6, 6.07) is 5.80. The summed E-state index contributed by atoms with van der Waals surface area (Å²) >= 11 is 0. The third kappa shape index (κ3) is 4.04. The number of rotatable bonds is 5. The van der Waals surface area contributed by atoms with Crippen LogP contribution in [0.25, 0.3) is 0 Å². The fourth-order valence-electron chi connectivity index (χ4n) is 2.60. The Hall–Kier alpha value is -1.88. The maximum absolute atomic E-state index is 12.4. The van der Waals surface area contributed by atoms with Gasteiger partial charge in [-0.15, -0.1) is 0 Å². The molecule has 1 aliphatic rings. The Bertz CT molecular complexity index is 535. The number of aryl methyl sites for hydroxylation is 2. The Kier molecular flexibility index (Phi) is 4.96. The van der Waals surface area contributed by atoms with E-state index in [9.17, 15) is 9.59 Å². The molecule has 1 saturated heterocycles. The Morgan fingerprint density at radius 3 is 2.81 bits per heavy atom. The molecule has 1 aromatic rings. The highest BCUT2D eigenvalue weighted by atomic mass is 16.5. The maximum Gasteiger partial charge on any atom is 0.304 e. The minimum atomic E-state index is -0.980. The largest absolute Gasteiger partial charge is 0.481 e. The molecule has 1 amide bonds. The molecule has 0 aliphatic carbocycles. The standard InChI is InChI=1S/C16H21NO4/c1-10-5-6-11(2)13(8-10)17-16(20)12(9-15(18)19)14-4-3-7-21-14/h5-6,8,12,14H,3-4,7,9H2,1-2H3,(H,17,20)(H,18,19)/t12-,14+/m0/s1. The first-order chi connectivity index (χ1) is 9.97. The average molecular weight is 291 g/mol. The van der Waals surface area contributed by atoms with Crippen LogP contribution in [0.5, 0.6) is 0 Å². The highest BCUT2D eigenvalue weighted by Crippen LogP contribution is 2.25.